The fourth-order valence-electron chi connectivity index (χ4n) is 1.58. The minimum atomic E-state index is 0.0871. The lowest BCUT2D eigenvalue weighted by molar-refractivity contribution is 0.285. The maximum atomic E-state index is 9.03. The number of aliphatic hydroxyl groups is 1. The SMILES string of the molecule is OCc1cc2ncc3cccn3c2s1. The van der Waals surface area contributed by atoms with E-state index in [9.17, 15) is 0 Å². The summed E-state index contributed by atoms with van der Waals surface area (Å²) in [7, 11) is 0. The predicted molar refractivity (Wildman–Crippen MR) is 56.5 cm³/mol. The molecule has 0 atom stereocenters. The van der Waals surface area contributed by atoms with Crippen molar-refractivity contribution in [2.45, 2.75) is 6.61 Å². The normalized spacial score (nSPS) is 11.5. The number of nitrogens with zero attached hydrogens (tertiary/aromatic N) is 2. The summed E-state index contributed by atoms with van der Waals surface area (Å²) in [4.78, 5) is 6.38. The summed E-state index contributed by atoms with van der Waals surface area (Å²) in [5.41, 5.74) is 2.03. The van der Waals surface area contributed by atoms with E-state index in [1.165, 1.54) is 0 Å². The molecule has 0 aliphatic rings. The molecule has 3 rings (SSSR count). The van der Waals surface area contributed by atoms with Gasteiger partial charge in [-0.25, -0.2) is 0 Å². The topological polar surface area (TPSA) is 37.5 Å². The van der Waals surface area contributed by atoms with E-state index in [1.807, 2.05) is 30.6 Å². The van der Waals surface area contributed by atoms with E-state index in [4.69, 9.17) is 5.11 Å². The van der Waals surface area contributed by atoms with Crippen molar-refractivity contribution in [3.8, 4) is 0 Å². The Bertz CT molecular complexity index is 596. The Morgan fingerprint density at radius 1 is 1.50 bits per heavy atom. The largest absolute Gasteiger partial charge is 0.391 e. The Morgan fingerprint density at radius 2 is 2.43 bits per heavy atom. The highest BCUT2D eigenvalue weighted by atomic mass is 32.1. The van der Waals surface area contributed by atoms with E-state index in [-0.39, 0.29) is 6.61 Å². The van der Waals surface area contributed by atoms with Crippen LogP contribution < -0.4 is 0 Å². The Balaban J connectivity index is 2.49. The van der Waals surface area contributed by atoms with Crippen molar-refractivity contribution in [2.75, 3.05) is 0 Å². The summed E-state index contributed by atoms with van der Waals surface area (Å²) >= 11 is 1.58. The van der Waals surface area contributed by atoms with Crippen LogP contribution in [0.5, 0.6) is 0 Å². The van der Waals surface area contributed by atoms with Crippen LogP contribution in [0.4, 0.5) is 0 Å². The molecule has 3 nitrogen and oxygen atoms in total. The highest BCUT2D eigenvalue weighted by molar-refractivity contribution is 7.18. The molecule has 0 aliphatic heterocycles. The molecule has 70 valence electrons. The molecule has 0 aromatic carbocycles. The molecule has 0 aliphatic carbocycles. The van der Waals surface area contributed by atoms with Gasteiger partial charge in [0, 0.05) is 11.1 Å². The summed E-state index contributed by atoms with van der Waals surface area (Å²) in [5, 5.41) is 9.03. The van der Waals surface area contributed by atoms with Crippen LogP contribution in [-0.2, 0) is 6.61 Å². The zero-order valence-electron chi connectivity index (χ0n) is 7.34. The van der Waals surface area contributed by atoms with E-state index in [2.05, 4.69) is 9.38 Å². The molecule has 0 radical (unpaired) electrons. The Labute approximate surface area is 84.3 Å². The smallest absolute Gasteiger partial charge is 0.126 e. The van der Waals surface area contributed by atoms with Gasteiger partial charge in [-0.05, 0) is 18.2 Å². The van der Waals surface area contributed by atoms with Gasteiger partial charge in [0.1, 0.15) is 4.83 Å². The third kappa shape index (κ3) is 0.981. The van der Waals surface area contributed by atoms with Crippen LogP contribution in [0.3, 0.4) is 0 Å². The molecule has 0 bridgehead atoms. The lowest BCUT2D eigenvalue weighted by Gasteiger charge is -1.94. The van der Waals surface area contributed by atoms with Gasteiger partial charge < -0.3 is 9.51 Å². The second-order valence-corrected chi connectivity index (χ2v) is 4.24. The number of aromatic nitrogens is 2. The van der Waals surface area contributed by atoms with Crippen molar-refractivity contribution >= 4 is 27.2 Å². The van der Waals surface area contributed by atoms with E-state index in [0.717, 1.165) is 20.7 Å². The van der Waals surface area contributed by atoms with Crippen molar-refractivity contribution < 1.29 is 5.11 Å². The number of rotatable bonds is 1. The second-order valence-electron chi connectivity index (χ2n) is 3.12. The molecule has 4 heteroatoms. The minimum Gasteiger partial charge on any atom is -0.391 e. The first-order chi connectivity index (χ1) is 6.88. The summed E-state index contributed by atoms with van der Waals surface area (Å²) in [6, 6.07) is 5.94. The zero-order valence-corrected chi connectivity index (χ0v) is 8.16. The molecular formula is C10H8N2OS. The fraction of sp³-hybridized carbons (Fsp3) is 0.100. The first kappa shape index (κ1) is 7.96. The third-order valence-electron chi connectivity index (χ3n) is 2.24. The lowest BCUT2D eigenvalue weighted by Crippen LogP contribution is -1.83. The van der Waals surface area contributed by atoms with Gasteiger partial charge in [-0.2, -0.15) is 0 Å². The zero-order chi connectivity index (χ0) is 9.54. The average molecular weight is 204 g/mol. The van der Waals surface area contributed by atoms with E-state index < -0.39 is 0 Å². The summed E-state index contributed by atoms with van der Waals surface area (Å²) in [5.74, 6) is 0. The number of hydrogen-bond acceptors (Lipinski definition) is 3. The maximum absolute atomic E-state index is 9.03. The van der Waals surface area contributed by atoms with Gasteiger partial charge >= 0.3 is 0 Å². The molecule has 0 saturated carbocycles. The van der Waals surface area contributed by atoms with Crippen LogP contribution in [0.1, 0.15) is 4.88 Å². The summed E-state index contributed by atoms with van der Waals surface area (Å²) in [6.07, 6.45) is 3.85. The molecule has 3 aromatic heterocycles. The first-order valence-electron chi connectivity index (χ1n) is 4.34. The number of hydrogen-bond donors (Lipinski definition) is 1. The minimum absolute atomic E-state index is 0.0871. The highest BCUT2D eigenvalue weighted by Gasteiger charge is 2.05. The lowest BCUT2D eigenvalue weighted by atomic mass is 10.4. The van der Waals surface area contributed by atoms with Gasteiger partial charge in [-0.3, -0.25) is 4.98 Å². The van der Waals surface area contributed by atoms with Crippen molar-refractivity contribution in [1.82, 2.24) is 9.38 Å². The van der Waals surface area contributed by atoms with E-state index in [0.29, 0.717) is 0 Å². The van der Waals surface area contributed by atoms with Gasteiger partial charge in [0.15, 0.2) is 0 Å². The van der Waals surface area contributed by atoms with Crippen molar-refractivity contribution in [3.05, 3.63) is 35.5 Å². The quantitative estimate of drug-likeness (QED) is 0.658. The molecular weight excluding hydrogens is 196 g/mol. The fourth-order valence-corrected chi connectivity index (χ4v) is 2.55. The van der Waals surface area contributed by atoms with Crippen LogP contribution in [0.15, 0.2) is 30.6 Å². The maximum Gasteiger partial charge on any atom is 0.126 e. The van der Waals surface area contributed by atoms with Crippen molar-refractivity contribution in [3.63, 3.8) is 0 Å². The van der Waals surface area contributed by atoms with Crippen molar-refractivity contribution in [2.24, 2.45) is 0 Å². The Hall–Kier alpha value is -1.39. The van der Waals surface area contributed by atoms with Crippen LogP contribution in [0.2, 0.25) is 0 Å². The molecule has 0 fully saturated rings. The molecule has 1 N–H and O–H groups in total. The standard InChI is InChI=1S/C10H8N2OS/c13-6-8-4-9-10(14-8)12-3-1-2-7(12)5-11-9/h1-5,13H,6H2. The number of thiophene rings is 1. The van der Waals surface area contributed by atoms with Crippen LogP contribution in [0, 0.1) is 0 Å². The van der Waals surface area contributed by atoms with Crippen LogP contribution in [0.25, 0.3) is 15.9 Å². The van der Waals surface area contributed by atoms with Crippen molar-refractivity contribution in [1.29, 1.82) is 0 Å². The molecule has 0 amide bonds. The average Bonchev–Trinajstić information content (AvgIpc) is 2.82. The van der Waals surface area contributed by atoms with Crippen LogP contribution in [-0.4, -0.2) is 14.5 Å². The van der Waals surface area contributed by atoms with E-state index >= 15 is 0 Å². The van der Waals surface area contributed by atoms with Gasteiger partial charge in [0.25, 0.3) is 0 Å². The Kier molecular flexibility index (Phi) is 1.59. The van der Waals surface area contributed by atoms with E-state index in [1.54, 1.807) is 11.3 Å². The van der Waals surface area contributed by atoms with Gasteiger partial charge in [0.2, 0.25) is 0 Å². The third-order valence-corrected chi connectivity index (χ3v) is 3.34. The van der Waals surface area contributed by atoms with Gasteiger partial charge in [-0.15, -0.1) is 11.3 Å². The summed E-state index contributed by atoms with van der Waals surface area (Å²) < 4.78 is 2.09. The molecule has 0 spiro atoms. The molecule has 0 saturated heterocycles. The highest BCUT2D eigenvalue weighted by Crippen LogP contribution is 2.25. The monoisotopic (exact) mass is 204 g/mol. The molecule has 0 unspecified atom stereocenters. The number of fused-ring (bicyclic) bond motifs is 3. The van der Waals surface area contributed by atoms with Crippen LogP contribution >= 0.6 is 11.3 Å². The molecule has 14 heavy (non-hydrogen) atoms. The molecule has 3 aromatic rings. The summed E-state index contributed by atoms with van der Waals surface area (Å²) in [6.45, 7) is 0.0871. The Morgan fingerprint density at radius 3 is 3.29 bits per heavy atom. The predicted octanol–water partition coefficient (Wildman–Crippen LogP) is 2.04. The van der Waals surface area contributed by atoms with Gasteiger partial charge in [-0.1, -0.05) is 0 Å². The number of aliphatic hydroxyl groups excluding tert-OH is 1. The first-order valence-corrected chi connectivity index (χ1v) is 5.15. The van der Waals surface area contributed by atoms with Gasteiger partial charge in [0.05, 0.1) is 23.8 Å². The molecule has 3 heterocycles. The second kappa shape index (κ2) is 2.80.